The number of halogens is 1. The molecule has 3 nitrogen and oxygen atoms in total. The van der Waals surface area contributed by atoms with Crippen molar-refractivity contribution in [2.75, 3.05) is 7.11 Å². The summed E-state index contributed by atoms with van der Waals surface area (Å²) in [7, 11) is 1.54. The van der Waals surface area contributed by atoms with Gasteiger partial charge in [0.1, 0.15) is 5.75 Å². The largest absolute Gasteiger partial charge is 0.495 e. The zero-order valence-electron chi connectivity index (χ0n) is 9.80. The van der Waals surface area contributed by atoms with Gasteiger partial charge in [-0.15, -0.1) is 0 Å². The van der Waals surface area contributed by atoms with E-state index in [1.807, 2.05) is 13.8 Å². The number of carboxylic acid groups (broad SMARTS) is 1. The van der Waals surface area contributed by atoms with Crippen molar-refractivity contribution in [2.45, 2.75) is 26.7 Å². The molecule has 1 atom stereocenters. The molecule has 88 valence electrons. The van der Waals surface area contributed by atoms with Gasteiger partial charge in [-0.1, -0.05) is 11.6 Å². The highest BCUT2D eigenvalue weighted by Crippen LogP contribution is 2.36. The van der Waals surface area contributed by atoms with Gasteiger partial charge in [0.2, 0.25) is 0 Å². The number of carboxylic acids is 1. The van der Waals surface area contributed by atoms with Gasteiger partial charge in [0, 0.05) is 0 Å². The van der Waals surface area contributed by atoms with Crippen LogP contribution in [0.5, 0.6) is 5.75 Å². The Kier molecular flexibility index (Phi) is 3.81. The Bertz CT molecular complexity index is 427. The molecular weight excluding hydrogens is 228 g/mol. The van der Waals surface area contributed by atoms with Crippen LogP contribution in [0.15, 0.2) is 6.07 Å². The quantitative estimate of drug-likeness (QED) is 0.886. The molecule has 0 aliphatic carbocycles. The van der Waals surface area contributed by atoms with Crippen molar-refractivity contribution in [1.82, 2.24) is 0 Å². The van der Waals surface area contributed by atoms with Gasteiger partial charge in [0.25, 0.3) is 0 Å². The minimum absolute atomic E-state index is 0.483. The van der Waals surface area contributed by atoms with E-state index in [1.54, 1.807) is 20.1 Å². The first-order valence-electron chi connectivity index (χ1n) is 4.96. The predicted molar refractivity (Wildman–Crippen MR) is 63.5 cm³/mol. The summed E-state index contributed by atoms with van der Waals surface area (Å²) in [5.74, 6) is -0.839. The van der Waals surface area contributed by atoms with Gasteiger partial charge < -0.3 is 9.84 Å². The maximum atomic E-state index is 11.0. The number of methoxy groups -OCH3 is 1. The molecule has 0 bridgehead atoms. The Labute approximate surface area is 100.0 Å². The highest BCUT2D eigenvalue weighted by Gasteiger charge is 2.21. The van der Waals surface area contributed by atoms with Gasteiger partial charge in [-0.3, -0.25) is 4.79 Å². The van der Waals surface area contributed by atoms with Crippen molar-refractivity contribution in [1.29, 1.82) is 0 Å². The smallest absolute Gasteiger partial charge is 0.310 e. The number of rotatable bonds is 3. The maximum absolute atomic E-state index is 11.0. The van der Waals surface area contributed by atoms with Crippen molar-refractivity contribution in [3.63, 3.8) is 0 Å². The van der Waals surface area contributed by atoms with E-state index in [1.165, 1.54) is 0 Å². The lowest BCUT2D eigenvalue weighted by molar-refractivity contribution is -0.138. The number of carbonyl (C=O) groups is 1. The van der Waals surface area contributed by atoms with Crippen molar-refractivity contribution >= 4 is 17.6 Å². The van der Waals surface area contributed by atoms with Gasteiger partial charge >= 0.3 is 5.97 Å². The summed E-state index contributed by atoms with van der Waals surface area (Å²) in [6.07, 6.45) is 0. The second-order valence-electron chi connectivity index (χ2n) is 3.81. The fourth-order valence-electron chi connectivity index (χ4n) is 1.87. The normalized spacial score (nSPS) is 12.3. The standard InChI is InChI=1S/C12H15ClO3/c1-6-5-9(16-4)11(13)7(2)10(6)8(3)12(14)15/h5,8H,1-4H3,(H,14,15). The topological polar surface area (TPSA) is 46.5 Å². The van der Waals surface area contributed by atoms with Crippen LogP contribution in [-0.4, -0.2) is 18.2 Å². The van der Waals surface area contributed by atoms with Crippen LogP contribution in [0.4, 0.5) is 0 Å². The highest BCUT2D eigenvalue weighted by molar-refractivity contribution is 6.33. The number of hydrogen-bond donors (Lipinski definition) is 1. The third-order valence-electron chi connectivity index (χ3n) is 2.75. The lowest BCUT2D eigenvalue weighted by Gasteiger charge is -2.17. The summed E-state index contributed by atoms with van der Waals surface area (Å²) < 4.78 is 5.12. The number of hydrogen-bond acceptors (Lipinski definition) is 2. The SMILES string of the molecule is COc1cc(C)c(C(C)C(=O)O)c(C)c1Cl. The summed E-state index contributed by atoms with van der Waals surface area (Å²) in [5, 5.41) is 9.51. The molecule has 0 fully saturated rings. The lowest BCUT2D eigenvalue weighted by atomic mass is 9.92. The van der Waals surface area contributed by atoms with E-state index >= 15 is 0 Å². The molecule has 0 spiro atoms. The Morgan fingerprint density at radius 2 is 2.06 bits per heavy atom. The molecule has 0 aromatic heterocycles. The molecular formula is C12H15ClO3. The average Bonchev–Trinajstić information content (AvgIpc) is 2.23. The highest BCUT2D eigenvalue weighted by atomic mass is 35.5. The molecule has 1 rings (SSSR count). The van der Waals surface area contributed by atoms with Gasteiger partial charge in [0.15, 0.2) is 0 Å². The van der Waals surface area contributed by atoms with Gasteiger partial charge in [-0.05, 0) is 43.5 Å². The second kappa shape index (κ2) is 4.74. The van der Waals surface area contributed by atoms with E-state index in [4.69, 9.17) is 21.4 Å². The monoisotopic (exact) mass is 242 g/mol. The average molecular weight is 243 g/mol. The van der Waals surface area contributed by atoms with Crippen LogP contribution in [0, 0.1) is 13.8 Å². The second-order valence-corrected chi connectivity index (χ2v) is 4.19. The molecule has 1 aromatic rings. The number of benzene rings is 1. The zero-order valence-corrected chi connectivity index (χ0v) is 10.6. The first-order valence-corrected chi connectivity index (χ1v) is 5.34. The number of aliphatic carboxylic acids is 1. The molecule has 1 unspecified atom stereocenters. The molecule has 0 aliphatic heterocycles. The van der Waals surface area contributed by atoms with Crippen molar-refractivity contribution < 1.29 is 14.6 Å². The van der Waals surface area contributed by atoms with Crippen molar-refractivity contribution in [2.24, 2.45) is 0 Å². The van der Waals surface area contributed by atoms with Crippen LogP contribution >= 0.6 is 11.6 Å². The molecule has 1 aromatic carbocycles. The molecule has 1 N–H and O–H groups in total. The molecule has 0 heterocycles. The summed E-state index contributed by atoms with van der Waals surface area (Å²) >= 11 is 6.10. The van der Waals surface area contributed by atoms with E-state index < -0.39 is 11.9 Å². The van der Waals surface area contributed by atoms with E-state index in [2.05, 4.69) is 0 Å². The Morgan fingerprint density at radius 1 is 1.50 bits per heavy atom. The molecule has 16 heavy (non-hydrogen) atoms. The van der Waals surface area contributed by atoms with Crippen LogP contribution < -0.4 is 4.74 Å². The minimum atomic E-state index is -0.854. The molecule has 0 saturated carbocycles. The van der Waals surface area contributed by atoms with Gasteiger partial charge in [-0.25, -0.2) is 0 Å². The van der Waals surface area contributed by atoms with Gasteiger partial charge in [0.05, 0.1) is 18.1 Å². The third kappa shape index (κ3) is 2.14. The Morgan fingerprint density at radius 3 is 2.50 bits per heavy atom. The first-order chi connectivity index (χ1) is 7.40. The van der Waals surface area contributed by atoms with E-state index in [0.29, 0.717) is 10.8 Å². The van der Waals surface area contributed by atoms with Crippen LogP contribution in [0.3, 0.4) is 0 Å². The summed E-state index contributed by atoms with van der Waals surface area (Å²) in [4.78, 5) is 11.0. The third-order valence-corrected chi connectivity index (χ3v) is 3.22. The summed E-state index contributed by atoms with van der Waals surface area (Å²) in [6.45, 7) is 5.33. The maximum Gasteiger partial charge on any atom is 0.310 e. The van der Waals surface area contributed by atoms with Crippen LogP contribution in [-0.2, 0) is 4.79 Å². The van der Waals surface area contributed by atoms with Gasteiger partial charge in [-0.2, -0.15) is 0 Å². The fraction of sp³-hybridized carbons (Fsp3) is 0.417. The fourth-order valence-corrected chi connectivity index (χ4v) is 2.11. The van der Waals surface area contributed by atoms with Crippen molar-refractivity contribution in [3.8, 4) is 5.75 Å². The van der Waals surface area contributed by atoms with Crippen molar-refractivity contribution in [3.05, 3.63) is 27.8 Å². The first kappa shape index (κ1) is 12.8. The molecule has 0 saturated heterocycles. The van der Waals surface area contributed by atoms with E-state index in [9.17, 15) is 4.79 Å². The molecule has 4 heteroatoms. The predicted octanol–water partition coefficient (Wildman–Crippen LogP) is 3.15. The van der Waals surface area contributed by atoms with E-state index in [0.717, 1.165) is 16.7 Å². The van der Waals surface area contributed by atoms with Crippen LogP contribution in [0.1, 0.15) is 29.5 Å². The molecule has 0 radical (unpaired) electrons. The molecule has 0 aliphatic rings. The lowest BCUT2D eigenvalue weighted by Crippen LogP contribution is -2.11. The van der Waals surface area contributed by atoms with Crippen LogP contribution in [0.25, 0.3) is 0 Å². The number of aryl methyl sites for hydroxylation is 1. The Balaban J connectivity index is 3.41. The Hall–Kier alpha value is -1.22. The zero-order chi connectivity index (χ0) is 12.5. The summed E-state index contributed by atoms with van der Waals surface area (Å²) in [5.41, 5.74) is 2.42. The number of ether oxygens (including phenoxy) is 1. The van der Waals surface area contributed by atoms with E-state index in [-0.39, 0.29) is 0 Å². The van der Waals surface area contributed by atoms with Crippen LogP contribution in [0.2, 0.25) is 5.02 Å². The summed E-state index contributed by atoms with van der Waals surface area (Å²) in [6, 6.07) is 1.77. The molecule has 0 amide bonds. The minimum Gasteiger partial charge on any atom is -0.495 e.